The number of amides is 1. The van der Waals surface area contributed by atoms with Gasteiger partial charge in [-0.25, -0.2) is 9.48 Å². The van der Waals surface area contributed by atoms with Crippen molar-refractivity contribution < 1.29 is 9.53 Å². The van der Waals surface area contributed by atoms with Crippen LogP contribution in [0.4, 0.5) is 0 Å². The van der Waals surface area contributed by atoms with Crippen LogP contribution < -0.4 is 11.0 Å². The van der Waals surface area contributed by atoms with Gasteiger partial charge in [0.2, 0.25) is 5.91 Å². The highest BCUT2D eigenvalue weighted by Crippen LogP contribution is 2.09. The molecule has 1 N–H and O–H groups in total. The van der Waals surface area contributed by atoms with Crippen LogP contribution >= 0.6 is 0 Å². The summed E-state index contributed by atoms with van der Waals surface area (Å²) < 4.78 is 8.95. The lowest BCUT2D eigenvalue weighted by Crippen LogP contribution is -2.30. The molecule has 0 fully saturated rings. The Labute approximate surface area is 149 Å². The lowest BCUT2D eigenvalue weighted by Gasteiger charge is -2.14. The van der Waals surface area contributed by atoms with Gasteiger partial charge in [0, 0.05) is 32.5 Å². The molecule has 7 nitrogen and oxygen atoms in total. The van der Waals surface area contributed by atoms with E-state index in [9.17, 15) is 9.59 Å². The molecule has 0 aromatic carbocycles. The molecule has 0 radical (unpaired) electrons. The maximum absolute atomic E-state index is 12.2. The zero-order chi connectivity index (χ0) is 18.2. The Kier molecular flexibility index (Phi) is 7.68. The predicted molar refractivity (Wildman–Crippen MR) is 96.5 cm³/mol. The molecule has 2 rings (SSSR count). The molecule has 1 aromatic rings. The first kappa shape index (κ1) is 19.7. The van der Waals surface area contributed by atoms with Crippen molar-refractivity contribution >= 4 is 5.91 Å². The first-order valence-corrected chi connectivity index (χ1v) is 9.52. The van der Waals surface area contributed by atoms with Gasteiger partial charge in [0.15, 0.2) is 0 Å². The van der Waals surface area contributed by atoms with E-state index in [2.05, 4.69) is 24.3 Å². The summed E-state index contributed by atoms with van der Waals surface area (Å²) in [6.45, 7) is 8.69. The lowest BCUT2D eigenvalue weighted by molar-refractivity contribution is -0.122. The Morgan fingerprint density at radius 1 is 1.32 bits per heavy atom. The van der Waals surface area contributed by atoms with Gasteiger partial charge in [0.1, 0.15) is 5.82 Å². The molecule has 0 saturated heterocycles. The van der Waals surface area contributed by atoms with Gasteiger partial charge in [-0.1, -0.05) is 13.8 Å². The SMILES string of the molecule is CC(C)C[C@H](C)OCCC(=O)NCCCn1nc2n(c1=O)CCCC2. The third-order valence-corrected chi connectivity index (χ3v) is 4.44. The first-order valence-electron chi connectivity index (χ1n) is 9.52. The molecule has 0 bridgehead atoms. The Morgan fingerprint density at radius 2 is 2.12 bits per heavy atom. The number of hydrogen-bond acceptors (Lipinski definition) is 4. The van der Waals surface area contributed by atoms with Crippen LogP contribution in [0.25, 0.3) is 0 Å². The van der Waals surface area contributed by atoms with Gasteiger partial charge in [-0.3, -0.25) is 9.36 Å². The minimum absolute atomic E-state index is 0.00627. The molecule has 142 valence electrons. The van der Waals surface area contributed by atoms with Crippen molar-refractivity contribution in [3.8, 4) is 0 Å². The highest BCUT2D eigenvalue weighted by atomic mass is 16.5. The molecule has 1 aromatic heterocycles. The molecule has 0 saturated carbocycles. The summed E-state index contributed by atoms with van der Waals surface area (Å²) in [7, 11) is 0. The Hall–Kier alpha value is -1.63. The van der Waals surface area contributed by atoms with Gasteiger partial charge in [0.05, 0.1) is 12.7 Å². The molecule has 25 heavy (non-hydrogen) atoms. The number of nitrogens with one attached hydrogen (secondary N) is 1. The minimum Gasteiger partial charge on any atom is -0.378 e. The van der Waals surface area contributed by atoms with Crippen LogP contribution in [-0.2, 0) is 29.0 Å². The van der Waals surface area contributed by atoms with Crippen LogP contribution in [0, 0.1) is 5.92 Å². The number of hydrogen-bond donors (Lipinski definition) is 1. The van der Waals surface area contributed by atoms with Crippen LogP contribution in [-0.4, -0.2) is 39.5 Å². The zero-order valence-electron chi connectivity index (χ0n) is 15.8. The van der Waals surface area contributed by atoms with E-state index >= 15 is 0 Å². The smallest absolute Gasteiger partial charge is 0.345 e. The monoisotopic (exact) mass is 352 g/mol. The maximum atomic E-state index is 12.2. The van der Waals surface area contributed by atoms with Crippen molar-refractivity contribution in [2.45, 2.75) is 78.5 Å². The summed E-state index contributed by atoms with van der Waals surface area (Å²) in [5.74, 6) is 1.49. The third kappa shape index (κ3) is 6.30. The lowest BCUT2D eigenvalue weighted by atomic mass is 10.1. The summed E-state index contributed by atoms with van der Waals surface area (Å²) in [6, 6.07) is 0. The molecular formula is C18H32N4O3. The molecule has 2 heterocycles. The fourth-order valence-corrected chi connectivity index (χ4v) is 3.22. The van der Waals surface area contributed by atoms with E-state index < -0.39 is 0 Å². The van der Waals surface area contributed by atoms with E-state index in [0.29, 0.717) is 38.5 Å². The average Bonchev–Trinajstić information content (AvgIpc) is 2.87. The van der Waals surface area contributed by atoms with Crippen LogP contribution in [0.5, 0.6) is 0 Å². The van der Waals surface area contributed by atoms with Gasteiger partial charge in [-0.2, -0.15) is 5.10 Å². The highest BCUT2D eigenvalue weighted by molar-refractivity contribution is 5.75. The van der Waals surface area contributed by atoms with Crippen molar-refractivity contribution in [2.24, 2.45) is 5.92 Å². The molecule has 0 spiro atoms. The van der Waals surface area contributed by atoms with E-state index in [1.165, 1.54) is 4.68 Å². The van der Waals surface area contributed by atoms with E-state index in [4.69, 9.17) is 4.74 Å². The Morgan fingerprint density at radius 3 is 2.84 bits per heavy atom. The molecule has 0 aliphatic carbocycles. The van der Waals surface area contributed by atoms with Gasteiger partial charge >= 0.3 is 5.69 Å². The van der Waals surface area contributed by atoms with Crippen LogP contribution in [0.15, 0.2) is 4.79 Å². The molecule has 1 aliphatic rings. The van der Waals surface area contributed by atoms with Crippen LogP contribution in [0.1, 0.15) is 58.7 Å². The second kappa shape index (κ2) is 9.75. The van der Waals surface area contributed by atoms with E-state index in [1.807, 2.05) is 6.92 Å². The largest absolute Gasteiger partial charge is 0.378 e. The number of aromatic nitrogens is 3. The van der Waals surface area contributed by atoms with Gasteiger partial charge in [-0.05, 0) is 38.5 Å². The molecule has 1 amide bonds. The number of ether oxygens (including phenoxy) is 1. The second-order valence-electron chi connectivity index (χ2n) is 7.30. The van der Waals surface area contributed by atoms with Gasteiger partial charge < -0.3 is 10.1 Å². The standard InChI is InChI=1S/C18H32N4O3/c1-14(2)13-15(3)25-12-8-17(23)19-9-6-11-22-18(24)21-10-5-4-7-16(21)20-22/h14-15H,4-13H2,1-3H3,(H,19,23)/t15-/m0/s1. The summed E-state index contributed by atoms with van der Waals surface area (Å²) in [4.78, 5) is 24.0. The summed E-state index contributed by atoms with van der Waals surface area (Å²) in [6.07, 6.45) is 5.30. The van der Waals surface area contributed by atoms with E-state index in [1.54, 1.807) is 4.57 Å². The summed E-state index contributed by atoms with van der Waals surface area (Å²) in [5, 5.41) is 7.27. The number of aryl methyl sites for hydroxylation is 2. The number of carbonyl (C=O) groups excluding carboxylic acids is 1. The minimum atomic E-state index is -0.0198. The predicted octanol–water partition coefficient (Wildman–Crippen LogP) is 1.73. The van der Waals surface area contributed by atoms with E-state index in [-0.39, 0.29) is 17.7 Å². The average molecular weight is 352 g/mol. The molecule has 0 unspecified atom stereocenters. The molecule has 7 heteroatoms. The topological polar surface area (TPSA) is 78.2 Å². The zero-order valence-corrected chi connectivity index (χ0v) is 15.8. The van der Waals surface area contributed by atoms with E-state index in [0.717, 1.165) is 38.1 Å². The van der Waals surface area contributed by atoms with Crippen molar-refractivity contribution in [2.75, 3.05) is 13.2 Å². The fraction of sp³-hybridized carbons (Fsp3) is 0.833. The Bertz CT molecular complexity index is 606. The molecule has 1 aliphatic heterocycles. The van der Waals surface area contributed by atoms with Crippen LogP contribution in [0.3, 0.4) is 0 Å². The van der Waals surface area contributed by atoms with Crippen molar-refractivity contribution in [3.05, 3.63) is 16.3 Å². The Balaban J connectivity index is 1.60. The van der Waals surface area contributed by atoms with Crippen molar-refractivity contribution in [1.82, 2.24) is 19.7 Å². The van der Waals surface area contributed by atoms with Crippen molar-refractivity contribution in [1.29, 1.82) is 0 Å². The summed E-state index contributed by atoms with van der Waals surface area (Å²) >= 11 is 0. The van der Waals surface area contributed by atoms with Gasteiger partial charge in [0.25, 0.3) is 0 Å². The molecular weight excluding hydrogens is 320 g/mol. The van der Waals surface area contributed by atoms with Gasteiger partial charge in [-0.15, -0.1) is 0 Å². The van der Waals surface area contributed by atoms with Crippen LogP contribution in [0.2, 0.25) is 0 Å². The maximum Gasteiger partial charge on any atom is 0.345 e. The van der Waals surface area contributed by atoms with Crippen molar-refractivity contribution in [3.63, 3.8) is 0 Å². The third-order valence-electron chi connectivity index (χ3n) is 4.44. The normalized spacial score (nSPS) is 15.2. The number of carbonyl (C=O) groups is 1. The number of rotatable bonds is 10. The first-order chi connectivity index (χ1) is 12.0. The highest BCUT2D eigenvalue weighted by Gasteiger charge is 2.16. The summed E-state index contributed by atoms with van der Waals surface area (Å²) in [5.41, 5.74) is -0.0198. The second-order valence-corrected chi connectivity index (χ2v) is 7.30. The fourth-order valence-electron chi connectivity index (χ4n) is 3.22. The quantitative estimate of drug-likeness (QED) is 0.651. The number of fused-ring (bicyclic) bond motifs is 1. The molecule has 1 atom stereocenters. The number of nitrogens with zero attached hydrogens (tertiary/aromatic N) is 3.